The first-order valence-corrected chi connectivity index (χ1v) is 10.8. The molecule has 0 aliphatic carbocycles. The third-order valence-corrected chi connectivity index (χ3v) is 5.95. The molecule has 0 saturated carbocycles. The topological polar surface area (TPSA) is 68.5 Å². The summed E-state index contributed by atoms with van der Waals surface area (Å²) in [5.41, 5.74) is 2.47. The van der Waals surface area contributed by atoms with E-state index >= 15 is 0 Å². The van der Waals surface area contributed by atoms with E-state index in [0.717, 1.165) is 33.5 Å². The van der Waals surface area contributed by atoms with Crippen LogP contribution in [0.15, 0.2) is 70.3 Å². The molecule has 31 heavy (non-hydrogen) atoms. The number of benzene rings is 2. The van der Waals surface area contributed by atoms with Gasteiger partial charge in [0.15, 0.2) is 0 Å². The van der Waals surface area contributed by atoms with Crippen molar-refractivity contribution < 1.29 is 14.1 Å². The minimum Gasteiger partial charge on any atom is -0.497 e. The van der Waals surface area contributed by atoms with E-state index in [-0.39, 0.29) is 5.91 Å². The molecule has 0 aliphatic rings. The summed E-state index contributed by atoms with van der Waals surface area (Å²) in [7, 11) is 3.47. The van der Waals surface area contributed by atoms with Gasteiger partial charge in [0.05, 0.1) is 18.4 Å². The summed E-state index contributed by atoms with van der Waals surface area (Å²) in [5, 5.41) is 6.90. The second-order valence-electron chi connectivity index (χ2n) is 7.28. The predicted octanol–water partition coefficient (Wildman–Crippen LogP) is 5.10. The van der Waals surface area contributed by atoms with Gasteiger partial charge in [-0.1, -0.05) is 35.1 Å². The number of hydrogen-bond donors (Lipinski definition) is 0. The summed E-state index contributed by atoms with van der Waals surface area (Å²) in [5.74, 6) is 2.12. The van der Waals surface area contributed by atoms with Crippen LogP contribution < -0.4 is 4.74 Å². The van der Waals surface area contributed by atoms with Crippen molar-refractivity contribution in [3.8, 4) is 5.75 Å². The lowest BCUT2D eigenvalue weighted by Crippen LogP contribution is -2.26. The lowest BCUT2D eigenvalue weighted by molar-refractivity contribution is 0.0781. The van der Waals surface area contributed by atoms with Gasteiger partial charge in [-0.25, -0.2) is 4.98 Å². The first-order valence-electron chi connectivity index (χ1n) is 9.85. The molecule has 0 aliphatic heterocycles. The molecular weight excluding hydrogens is 410 g/mol. The molecule has 0 unspecified atom stereocenters. The van der Waals surface area contributed by atoms with Crippen LogP contribution in [0.1, 0.15) is 27.4 Å². The molecule has 0 radical (unpaired) electrons. The maximum Gasteiger partial charge on any atom is 0.256 e. The van der Waals surface area contributed by atoms with Gasteiger partial charge in [0.25, 0.3) is 5.91 Å². The molecule has 0 bridgehead atoms. The summed E-state index contributed by atoms with van der Waals surface area (Å²) in [4.78, 5) is 19.3. The first-order chi connectivity index (χ1) is 15.0. The highest BCUT2D eigenvalue weighted by Gasteiger charge is 2.18. The molecule has 7 heteroatoms. The van der Waals surface area contributed by atoms with Gasteiger partial charge in [-0.3, -0.25) is 4.79 Å². The minimum atomic E-state index is -0.0678. The van der Waals surface area contributed by atoms with Crippen LogP contribution in [-0.2, 0) is 12.3 Å². The number of aryl methyl sites for hydroxylation is 1. The lowest BCUT2D eigenvalue weighted by atomic mass is 10.1. The molecule has 0 fully saturated rings. The second kappa shape index (κ2) is 9.22. The zero-order chi connectivity index (χ0) is 21.8. The van der Waals surface area contributed by atoms with E-state index in [0.29, 0.717) is 22.9 Å². The van der Waals surface area contributed by atoms with Crippen LogP contribution in [0.4, 0.5) is 0 Å². The SMILES string of the molecule is COc1ccc2cc(CN(C)C(=O)c3cccnc3SCc3cc(C)on3)ccc2c1. The van der Waals surface area contributed by atoms with Crippen molar-refractivity contribution in [3.63, 3.8) is 0 Å². The van der Waals surface area contributed by atoms with Crippen molar-refractivity contribution in [3.05, 3.63) is 83.4 Å². The molecule has 6 nitrogen and oxygen atoms in total. The zero-order valence-electron chi connectivity index (χ0n) is 17.7. The fourth-order valence-corrected chi connectivity index (χ4v) is 4.21. The quantitative estimate of drug-likeness (QED) is 0.378. The molecule has 1 amide bonds. The third-order valence-electron chi connectivity index (χ3n) is 4.91. The van der Waals surface area contributed by atoms with E-state index in [1.54, 1.807) is 24.3 Å². The van der Waals surface area contributed by atoms with Crippen LogP contribution >= 0.6 is 11.8 Å². The van der Waals surface area contributed by atoms with Crippen LogP contribution in [0.5, 0.6) is 5.75 Å². The van der Waals surface area contributed by atoms with E-state index in [1.807, 2.05) is 50.4 Å². The Morgan fingerprint density at radius 2 is 1.94 bits per heavy atom. The van der Waals surface area contributed by atoms with Gasteiger partial charge in [0.1, 0.15) is 16.5 Å². The van der Waals surface area contributed by atoms with Crippen molar-refractivity contribution in [2.75, 3.05) is 14.2 Å². The van der Waals surface area contributed by atoms with Gasteiger partial charge in [-0.15, -0.1) is 0 Å². The summed E-state index contributed by atoms with van der Waals surface area (Å²) in [6.07, 6.45) is 1.70. The number of pyridine rings is 1. The van der Waals surface area contributed by atoms with Crippen LogP contribution in [0, 0.1) is 6.92 Å². The molecule has 0 spiro atoms. The lowest BCUT2D eigenvalue weighted by Gasteiger charge is -2.19. The third kappa shape index (κ3) is 4.88. The first kappa shape index (κ1) is 20.9. The van der Waals surface area contributed by atoms with Gasteiger partial charge in [0, 0.05) is 31.6 Å². The van der Waals surface area contributed by atoms with Gasteiger partial charge >= 0.3 is 0 Å². The molecule has 0 atom stereocenters. The number of rotatable bonds is 7. The summed E-state index contributed by atoms with van der Waals surface area (Å²) in [6.45, 7) is 2.36. The summed E-state index contributed by atoms with van der Waals surface area (Å²) < 4.78 is 10.4. The number of aromatic nitrogens is 2. The minimum absolute atomic E-state index is 0.0678. The average Bonchev–Trinajstić information content (AvgIpc) is 3.22. The average molecular weight is 434 g/mol. The second-order valence-corrected chi connectivity index (χ2v) is 8.25. The van der Waals surface area contributed by atoms with Gasteiger partial charge < -0.3 is 14.2 Å². The van der Waals surface area contributed by atoms with E-state index in [9.17, 15) is 4.79 Å². The molecule has 2 heterocycles. The number of ether oxygens (including phenoxy) is 1. The molecule has 0 saturated heterocycles. The maximum atomic E-state index is 13.2. The Kier molecular flexibility index (Phi) is 6.23. The fraction of sp³-hybridized carbons (Fsp3) is 0.208. The van der Waals surface area contributed by atoms with Crippen LogP contribution in [0.3, 0.4) is 0 Å². The van der Waals surface area contributed by atoms with E-state index in [1.165, 1.54) is 11.8 Å². The summed E-state index contributed by atoms with van der Waals surface area (Å²) >= 11 is 1.48. The largest absolute Gasteiger partial charge is 0.497 e. The van der Waals surface area contributed by atoms with E-state index < -0.39 is 0 Å². The normalized spacial score (nSPS) is 10.9. The predicted molar refractivity (Wildman–Crippen MR) is 121 cm³/mol. The van der Waals surface area contributed by atoms with Crippen molar-refractivity contribution in [1.82, 2.24) is 15.0 Å². The Hall–Kier alpha value is -3.32. The number of carbonyl (C=O) groups excluding carboxylic acids is 1. The number of amides is 1. The van der Waals surface area contributed by atoms with Gasteiger partial charge in [-0.05, 0) is 53.6 Å². The van der Waals surface area contributed by atoms with Crippen molar-refractivity contribution in [2.24, 2.45) is 0 Å². The van der Waals surface area contributed by atoms with Crippen molar-refractivity contribution in [1.29, 1.82) is 0 Å². The standard InChI is InChI=1S/C24H23N3O3S/c1-16-11-20(26-30-16)15-31-23-22(5-4-10-25-23)24(28)27(2)14-17-6-7-19-13-21(29-3)9-8-18(19)12-17/h4-13H,14-15H2,1-3H3. The number of methoxy groups -OCH3 is 1. The van der Waals surface area contributed by atoms with Gasteiger partial charge in [-0.2, -0.15) is 0 Å². The number of fused-ring (bicyclic) bond motifs is 1. The number of hydrogen-bond acceptors (Lipinski definition) is 6. The van der Waals surface area contributed by atoms with Crippen LogP contribution in [0.2, 0.25) is 0 Å². The number of carbonyl (C=O) groups is 1. The maximum absolute atomic E-state index is 13.2. The highest BCUT2D eigenvalue weighted by molar-refractivity contribution is 7.98. The molecule has 0 N–H and O–H groups in total. The molecular formula is C24H23N3O3S. The molecule has 4 rings (SSSR count). The van der Waals surface area contributed by atoms with Crippen LogP contribution in [-0.4, -0.2) is 35.1 Å². The Morgan fingerprint density at radius 3 is 2.71 bits per heavy atom. The Balaban J connectivity index is 1.48. The Labute approximate surface area is 185 Å². The van der Waals surface area contributed by atoms with E-state index in [2.05, 4.69) is 22.3 Å². The highest BCUT2D eigenvalue weighted by atomic mass is 32.2. The zero-order valence-corrected chi connectivity index (χ0v) is 18.5. The number of nitrogens with zero attached hydrogens (tertiary/aromatic N) is 3. The van der Waals surface area contributed by atoms with Crippen LogP contribution in [0.25, 0.3) is 10.8 Å². The fourth-order valence-electron chi connectivity index (χ4n) is 3.35. The Bertz CT molecular complexity index is 1220. The van der Waals surface area contributed by atoms with Crippen molar-refractivity contribution >= 4 is 28.4 Å². The Morgan fingerprint density at radius 1 is 1.13 bits per heavy atom. The monoisotopic (exact) mass is 433 g/mol. The summed E-state index contributed by atoms with van der Waals surface area (Å²) in [6, 6.07) is 17.7. The smallest absolute Gasteiger partial charge is 0.256 e. The number of thioether (sulfide) groups is 1. The molecule has 2 aromatic heterocycles. The van der Waals surface area contributed by atoms with Gasteiger partial charge in [0.2, 0.25) is 0 Å². The molecule has 158 valence electrons. The van der Waals surface area contributed by atoms with E-state index in [4.69, 9.17) is 9.26 Å². The molecule has 4 aromatic rings. The van der Waals surface area contributed by atoms with Crippen molar-refractivity contribution in [2.45, 2.75) is 24.2 Å². The highest BCUT2D eigenvalue weighted by Crippen LogP contribution is 2.26. The molecule has 2 aromatic carbocycles.